The number of rotatable bonds is 0. The van der Waals surface area contributed by atoms with Crippen LogP contribution in [0.4, 0.5) is 0 Å². The first-order valence-corrected chi connectivity index (χ1v) is 5.11. The number of hydrogen-bond acceptors (Lipinski definition) is 1. The van der Waals surface area contributed by atoms with Gasteiger partial charge in [0.15, 0.2) is 0 Å². The molecule has 0 unspecified atom stereocenters. The van der Waals surface area contributed by atoms with E-state index in [1.807, 2.05) is 0 Å². The van der Waals surface area contributed by atoms with Crippen molar-refractivity contribution < 1.29 is 89.0 Å². The fourth-order valence-electron chi connectivity index (χ4n) is 0. The Balaban J connectivity index is -0.00000000533. The zero-order chi connectivity index (χ0) is 4.50. The maximum Gasteiger partial charge on any atom is 5.00 e. The molecule has 0 aromatic carbocycles. The third kappa shape index (κ3) is 156. The van der Waals surface area contributed by atoms with Crippen LogP contribution in [0.25, 0.3) is 0 Å². The van der Waals surface area contributed by atoms with Crippen molar-refractivity contribution in [1.29, 1.82) is 0 Å². The summed E-state index contributed by atoms with van der Waals surface area (Å²) >= 11 is 13.8. The summed E-state index contributed by atoms with van der Waals surface area (Å²) in [4.78, 5) is 0. The molecule has 0 heterocycles. The largest absolute Gasteiger partial charge is 5.00 e. The Morgan fingerprint density at radius 3 is 0.727 bits per heavy atom. The van der Waals surface area contributed by atoms with Gasteiger partial charge in [0.25, 0.3) is 0 Å². The van der Waals surface area contributed by atoms with E-state index >= 15 is 0 Å². The van der Waals surface area contributed by atoms with Gasteiger partial charge in [-0.25, -0.2) is 0 Å². The second-order valence-corrected chi connectivity index (χ2v) is 7.04. The maximum atomic E-state index is 9.51. The quantitative estimate of drug-likeness (QED) is 0.280. The summed E-state index contributed by atoms with van der Waals surface area (Å²) in [5, 5.41) is -3.22. The molecule has 0 saturated carbocycles. The first-order valence-electron chi connectivity index (χ1n) is 0.690. The van der Waals surface area contributed by atoms with Crippen molar-refractivity contribution in [3.63, 3.8) is 0 Å². The molecule has 1 nitrogen and oxygen atoms in total. The molecule has 11 heavy (non-hydrogen) atoms. The van der Waals surface area contributed by atoms with Crippen molar-refractivity contribution in [3.8, 4) is 0 Å². The summed E-state index contributed by atoms with van der Waals surface area (Å²) in [5.74, 6) is 0. The van der Waals surface area contributed by atoms with Crippen molar-refractivity contribution in [2.45, 2.75) is 0 Å². The molecule has 0 aromatic rings. The molecule has 0 radical (unpaired) electrons. The van der Waals surface area contributed by atoms with Gasteiger partial charge in [-0.2, -0.15) is 0 Å². The second-order valence-electron chi connectivity index (χ2n) is 0.399. The maximum absolute atomic E-state index is 9.51. The summed E-state index contributed by atoms with van der Waals surface area (Å²) in [6.45, 7) is 0. The van der Waals surface area contributed by atoms with Crippen molar-refractivity contribution in [2.75, 3.05) is 0 Å². The van der Waals surface area contributed by atoms with Gasteiger partial charge in [0.2, 0.25) is 0 Å². The van der Waals surface area contributed by atoms with E-state index in [-0.39, 0.29) is 84.4 Å². The monoisotopic (exact) mass is 420 g/mol. The molecule has 0 bridgehead atoms. The zero-order valence-electron chi connectivity index (χ0n) is 4.33. The molecular weight excluding hydrogens is 424 g/mol. The van der Waals surface area contributed by atoms with Crippen LogP contribution in [0.5, 0.6) is 0 Å². The molecule has 11 heteroatoms. The molecule has 0 fully saturated rings. The van der Waals surface area contributed by atoms with Gasteiger partial charge in [-0.15, -0.1) is 0 Å². The molecule has 0 aliphatic rings. The van der Waals surface area contributed by atoms with E-state index in [1.165, 1.54) is 0 Å². The fraction of sp³-hybridized carbons (Fsp3) is 0. The van der Waals surface area contributed by atoms with Crippen molar-refractivity contribution >= 4 is 38.9 Å². The average Bonchev–Trinajstić information content (AvgIpc) is 0.722. The van der Waals surface area contributed by atoms with Crippen molar-refractivity contribution in [2.24, 2.45) is 0 Å². The molecule has 0 spiro atoms. The normalized spacial score (nSPS) is 5.36. The van der Waals surface area contributed by atoms with Crippen LogP contribution in [0.2, 0.25) is 0 Å². The SMILES string of the molecule is O=P(Cl)(Cl)Cl.[Cl-].[Cl-].[Cl-].[Cl-].[Cl-].[Nb+5]. The molecule has 0 atom stereocenters. The van der Waals surface area contributed by atoms with Gasteiger partial charge in [0.05, 0.1) is 0 Å². The topological polar surface area (TPSA) is 17.1 Å². The van der Waals surface area contributed by atoms with Crippen LogP contribution in [0.3, 0.4) is 0 Å². The number of hydrogen-bond donors (Lipinski definition) is 0. The minimum atomic E-state index is -3.22. The molecule has 0 rings (SSSR count). The Kier molecular flexibility index (Phi) is 100. The molecule has 0 aromatic heterocycles. The van der Waals surface area contributed by atoms with Gasteiger partial charge in [0, 0.05) is 0 Å². The molecular formula is Cl8NbOP. The Labute approximate surface area is 126 Å². The van der Waals surface area contributed by atoms with E-state index in [0.717, 1.165) is 0 Å². The minimum Gasteiger partial charge on any atom is -1.00 e. The van der Waals surface area contributed by atoms with Crippen molar-refractivity contribution in [3.05, 3.63) is 0 Å². The van der Waals surface area contributed by atoms with Gasteiger partial charge in [0.1, 0.15) is 0 Å². The smallest absolute Gasteiger partial charge is 1.00 e. The summed E-state index contributed by atoms with van der Waals surface area (Å²) < 4.78 is 9.51. The Hall–Kier alpha value is 3.29. The average molecular weight is 424 g/mol. The van der Waals surface area contributed by atoms with Crippen LogP contribution in [0.1, 0.15) is 0 Å². The summed E-state index contributed by atoms with van der Waals surface area (Å²) in [7, 11) is 0. The van der Waals surface area contributed by atoms with E-state index < -0.39 is 5.20 Å². The van der Waals surface area contributed by atoms with E-state index in [4.69, 9.17) is 0 Å². The molecule has 0 aliphatic heterocycles. The van der Waals surface area contributed by atoms with Gasteiger partial charge >= 0.3 is 27.6 Å². The Morgan fingerprint density at radius 2 is 0.727 bits per heavy atom. The third-order valence-corrected chi connectivity index (χ3v) is 0. The van der Waals surface area contributed by atoms with Crippen molar-refractivity contribution in [1.82, 2.24) is 0 Å². The van der Waals surface area contributed by atoms with Crippen LogP contribution in [-0.2, 0) is 26.9 Å². The predicted octanol–water partition coefficient (Wildman–Crippen LogP) is -12.2. The van der Waals surface area contributed by atoms with Crippen LogP contribution in [0.15, 0.2) is 0 Å². The van der Waals surface area contributed by atoms with E-state index in [1.54, 1.807) is 0 Å². The van der Waals surface area contributed by atoms with E-state index in [0.29, 0.717) is 0 Å². The standard InChI is InChI=1S/Cl3OP.5ClH.Nb/c1-5(2,3)4;;;;;;/h;5*1H;/q;;;;;;+5/p-5. The summed E-state index contributed by atoms with van der Waals surface area (Å²) in [6, 6.07) is 0. The summed E-state index contributed by atoms with van der Waals surface area (Å²) in [5.41, 5.74) is 0. The molecule has 0 N–H and O–H groups in total. The number of halogens is 8. The van der Waals surface area contributed by atoms with Crippen LogP contribution >= 0.6 is 38.9 Å². The van der Waals surface area contributed by atoms with Crippen LogP contribution < -0.4 is 62.0 Å². The molecule has 0 saturated heterocycles. The minimum absolute atomic E-state index is 0. The van der Waals surface area contributed by atoms with Crippen LogP contribution in [0, 0.1) is 0 Å². The van der Waals surface area contributed by atoms with Gasteiger partial charge < -0.3 is 62.0 Å². The molecule has 72 valence electrons. The van der Waals surface area contributed by atoms with Gasteiger partial charge in [-0.1, -0.05) is 0 Å². The van der Waals surface area contributed by atoms with Crippen LogP contribution in [-0.4, -0.2) is 0 Å². The first kappa shape index (κ1) is 47.5. The Bertz CT molecular complexity index is 60.2. The first-order chi connectivity index (χ1) is 2.00. The molecule has 0 amide bonds. The zero-order valence-corrected chi connectivity index (χ0v) is 13.5. The second kappa shape index (κ2) is 23.3. The van der Waals surface area contributed by atoms with Gasteiger partial charge in [-0.05, 0) is 33.7 Å². The van der Waals surface area contributed by atoms with E-state index in [2.05, 4.69) is 33.7 Å². The third-order valence-electron chi connectivity index (χ3n) is 0. The summed E-state index contributed by atoms with van der Waals surface area (Å²) in [6.07, 6.45) is 0. The Morgan fingerprint density at radius 1 is 0.727 bits per heavy atom. The van der Waals surface area contributed by atoms with Gasteiger partial charge in [-0.3, -0.25) is 4.57 Å². The fourth-order valence-corrected chi connectivity index (χ4v) is 0. The molecule has 0 aliphatic carbocycles. The predicted molar refractivity (Wildman–Crippen MR) is 25.2 cm³/mol. The van der Waals surface area contributed by atoms with E-state index in [9.17, 15) is 4.57 Å².